The Morgan fingerprint density at radius 3 is 2.56 bits per heavy atom. The van der Waals surface area contributed by atoms with Crippen molar-refractivity contribution >= 4 is 29.9 Å². The predicted octanol–water partition coefficient (Wildman–Crippen LogP) is 2.39. The van der Waals surface area contributed by atoms with Crippen molar-refractivity contribution in [2.24, 2.45) is 10.7 Å². The second-order valence-electron chi connectivity index (χ2n) is 4.40. The van der Waals surface area contributed by atoms with Crippen LogP contribution in [-0.4, -0.2) is 28.9 Å². The molecule has 18 heavy (non-hydrogen) atoms. The molecule has 1 saturated heterocycles. The van der Waals surface area contributed by atoms with Crippen LogP contribution < -0.4 is 5.73 Å². The Hall–Kier alpha value is -0.850. The number of hydrogen-bond donors (Lipinski definition) is 1. The second-order valence-corrected chi connectivity index (χ2v) is 4.40. The standard InChI is InChI=1S/C13H20N4.HI/c14-13(17-9-5-1-2-6-10-17)16-11-12-7-3-4-8-15-12;/h3-4,7-8H,1-2,5-6,9-11H2,(H2,14,16);1H. The van der Waals surface area contributed by atoms with Crippen LogP contribution in [0, 0.1) is 0 Å². The number of nitrogens with zero attached hydrogens (tertiary/aromatic N) is 3. The summed E-state index contributed by atoms with van der Waals surface area (Å²) in [5.41, 5.74) is 6.98. The molecule has 5 heteroatoms. The van der Waals surface area contributed by atoms with Crippen molar-refractivity contribution < 1.29 is 0 Å². The van der Waals surface area contributed by atoms with Crippen LogP contribution in [0.3, 0.4) is 0 Å². The minimum absolute atomic E-state index is 0. The summed E-state index contributed by atoms with van der Waals surface area (Å²) in [4.78, 5) is 10.8. The zero-order valence-electron chi connectivity index (χ0n) is 10.6. The fourth-order valence-electron chi connectivity index (χ4n) is 2.05. The Kier molecular flexibility index (Phi) is 7.00. The third-order valence-electron chi connectivity index (χ3n) is 3.06. The molecule has 2 heterocycles. The van der Waals surface area contributed by atoms with Gasteiger partial charge in [-0.25, -0.2) is 4.99 Å². The first kappa shape index (κ1) is 15.2. The van der Waals surface area contributed by atoms with Crippen LogP contribution in [0.15, 0.2) is 29.4 Å². The monoisotopic (exact) mass is 360 g/mol. The van der Waals surface area contributed by atoms with Crippen molar-refractivity contribution in [1.82, 2.24) is 9.88 Å². The van der Waals surface area contributed by atoms with Gasteiger partial charge in [0, 0.05) is 19.3 Å². The fraction of sp³-hybridized carbons (Fsp3) is 0.538. The van der Waals surface area contributed by atoms with Crippen molar-refractivity contribution in [3.8, 4) is 0 Å². The van der Waals surface area contributed by atoms with Gasteiger partial charge in [-0.1, -0.05) is 18.9 Å². The van der Waals surface area contributed by atoms with Crippen molar-refractivity contribution in [3.05, 3.63) is 30.1 Å². The van der Waals surface area contributed by atoms with Gasteiger partial charge in [-0.15, -0.1) is 24.0 Å². The first-order valence-corrected chi connectivity index (χ1v) is 6.31. The van der Waals surface area contributed by atoms with Gasteiger partial charge in [0.25, 0.3) is 0 Å². The van der Waals surface area contributed by atoms with Gasteiger partial charge in [-0.2, -0.15) is 0 Å². The molecule has 1 fully saturated rings. The number of halogens is 1. The molecule has 1 aromatic heterocycles. The van der Waals surface area contributed by atoms with Gasteiger partial charge in [0.1, 0.15) is 0 Å². The molecule has 0 atom stereocenters. The number of hydrogen-bond acceptors (Lipinski definition) is 2. The lowest BCUT2D eigenvalue weighted by Gasteiger charge is -2.20. The highest BCUT2D eigenvalue weighted by molar-refractivity contribution is 14.0. The van der Waals surface area contributed by atoms with E-state index in [1.807, 2.05) is 18.2 Å². The van der Waals surface area contributed by atoms with Crippen LogP contribution in [0.2, 0.25) is 0 Å². The Morgan fingerprint density at radius 2 is 1.94 bits per heavy atom. The Labute approximate surface area is 126 Å². The highest BCUT2D eigenvalue weighted by Crippen LogP contribution is 2.09. The quantitative estimate of drug-likeness (QED) is 0.501. The highest BCUT2D eigenvalue weighted by atomic mass is 127. The topological polar surface area (TPSA) is 54.5 Å². The van der Waals surface area contributed by atoms with E-state index < -0.39 is 0 Å². The molecule has 100 valence electrons. The molecule has 2 N–H and O–H groups in total. The molecule has 1 aliphatic heterocycles. The van der Waals surface area contributed by atoms with Crippen LogP contribution in [0.25, 0.3) is 0 Å². The molecule has 2 rings (SSSR count). The van der Waals surface area contributed by atoms with Crippen molar-refractivity contribution in [1.29, 1.82) is 0 Å². The molecule has 4 nitrogen and oxygen atoms in total. The summed E-state index contributed by atoms with van der Waals surface area (Å²) in [7, 11) is 0. The van der Waals surface area contributed by atoms with Gasteiger partial charge in [0.15, 0.2) is 5.96 Å². The van der Waals surface area contributed by atoms with E-state index in [1.165, 1.54) is 25.7 Å². The van der Waals surface area contributed by atoms with E-state index in [-0.39, 0.29) is 24.0 Å². The smallest absolute Gasteiger partial charge is 0.191 e. The minimum atomic E-state index is 0. The number of nitrogens with two attached hydrogens (primary N) is 1. The van der Waals surface area contributed by atoms with E-state index in [0.717, 1.165) is 18.8 Å². The van der Waals surface area contributed by atoms with Crippen LogP contribution in [0.1, 0.15) is 31.4 Å². The average Bonchev–Trinajstić information content (AvgIpc) is 2.66. The van der Waals surface area contributed by atoms with E-state index >= 15 is 0 Å². The van der Waals surface area contributed by atoms with Crippen LogP contribution in [0.5, 0.6) is 0 Å². The zero-order chi connectivity index (χ0) is 11.9. The number of guanidine groups is 1. The predicted molar refractivity (Wildman–Crippen MR) is 85.0 cm³/mol. The summed E-state index contributed by atoms with van der Waals surface area (Å²) in [5.74, 6) is 0.664. The lowest BCUT2D eigenvalue weighted by molar-refractivity contribution is 0.428. The summed E-state index contributed by atoms with van der Waals surface area (Å²) < 4.78 is 0. The van der Waals surface area contributed by atoms with Gasteiger partial charge in [0.2, 0.25) is 0 Å². The second kappa shape index (κ2) is 8.29. The van der Waals surface area contributed by atoms with Crippen LogP contribution >= 0.6 is 24.0 Å². The van der Waals surface area contributed by atoms with E-state index in [1.54, 1.807) is 6.20 Å². The van der Waals surface area contributed by atoms with Gasteiger partial charge in [0.05, 0.1) is 12.2 Å². The summed E-state index contributed by atoms with van der Waals surface area (Å²) in [6.45, 7) is 2.65. The molecule has 1 aromatic rings. The normalized spacial score (nSPS) is 16.9. The molecule has 0 unspecified atom stereocenters. The summed E-state index contributed by atoms with van der Waals surface area (Å²) in [6, 6.07) is 5.85. The van der Waals surface area contributed by atoms with Crippen molar-refractivity contribution in [2.75, 3.05) is 13.1 Å². The maximum absolute atomic E-state index is 6.01. The minimum Gasteiger partial charge on any atom is -0.370 e. The van der Waals surface area contributed by atoms with Gasteiger partial charge < -0.3 is 10.6 Å². The van der Waals surface area contributed by atoms with Crippen molar-refractivity contribution in [3.63, 3.8) is 0 Å². The molecule has 0 radical (unpaired) electrons. The van der Waals surface area contributed by atoms with E-state index in [4.69, 9.17) is 5.73 Å². The SMILES string of the molecule is I.NC(=NCc1ccccn1)N1CCCCCC1. The molecule has 0 bridgehead atoms. The van der Waals surface area contributed by atoms with Crippen LogP contribution in [0.4, 0.5) is 0 Å². The summed E-state index contributed by atoms with van der Waals surface area (Å²) in [5, 5.41) is 0. The Bertz CT molecular complexity index is 359. The average molecular weight is 360 g/mol. The zero-order valence-corrected chi connectivity index (χ0v) is 12.9. The molecule has 0 aromatic carbocycles. The lowest BCUT2D eigenvalue weighted by atomic mass is 10.2. The summed E-state index contributed by atoms with van der Waals surface area (Å²) >= 11 is 0. The van der Waals surface area contributed by atoms with Gasteiger partial charge >= 0.3 is 0 Å². The molecule has 0 amide bonds. The largest absolute Gasteiger partial charge is 0.370 e. The fourth-order valence-corrected chi connectivity index (χ4v) is 2.05. The number of likely N-dealkylation sites (tertiary alicyclic amines) is 1. The lowest BCUT2D eigenvalue weighted by Crippen LogP contribution is -2.38. The third kappa shape index (κ3) is 4.80. The Morgan fingerprint density at radius 1 is 1.22 bits per heavy atom. The van der Waals surface area contributed by atoms with Crippen LogP contribution in [-0.2, 0) is 6.54 Å². The molecular weight excluding hydrogens is 339 g/mol. The molecular formula is C13H21IN4. The molecule has 0 aliphatic carbocycles. The maximum Gasteiger partial charge on any atom is 0.191 e. The highest BCUT2D eigenvalue weighted by Gasteiger charge is 2.10. The van der Waals surface area contributed by atoms with E-state index in [2.05, 4.69) is 14.9 Å². The number of rotatable bonds is 2. The molecule has 0 saturated carbocycles. The van der Waals surface area contributed by atoms with Gasteiger partial charge in [-0.05, 0) is 25.0 Å². The Balaban J connectivity index is 0.00000162. The third-order valence-corrected chi connectivity index (χ3v) is 3.06. The molecule has 1 aliphatic rings. The number of pyridine rings is 1. The summed E-state index contributed by atoms with van der Waals surface area (Å²) in [6.07, 6.45) is 6.85. The molecule has 0 spiro atoms. The maximum atomic E-state index is 6.01. The van der Waals surface area contributed by atoms with Crippen molar-refractivity contribution in [2.45, 2.75) is 32.2 Å². The van der Waals surface area contributed by atoms with E-state index in [0.29, 0.717) is 12.5 Å². The van der Waals surface area contributed by atoms with Gasteiger partial charge in [-0.3, -0.25) is 4.98 Å². The number of aromatic nitrogens is 1. The first-order chi connectivity index (χ1) is 8.36. The van der Waals surface area contributed by atoms with E-state index in [9.17, 15) is 0 Å². The first-order valence-electron chi connectivity index (χ1n) is 6.31. The number of aliphatic imine (C=N–C) groups is 1.